The zero-order valence-electron chi connectivity index (χ0n) is 13.5. The number of hydrogen-bond acceptors (Lipinski definition) is 3. The van der Waals surface area contributed by atoms with Crippen molar-refractivity contribution in [1.82, 2.24) is 0 Å². The molecule has 0 aliphatic heterocycles. The van der Waals surface area contributed by atoms with Crippen LogP contribution in [0.25, 0.3) is 0 Å². The van der Waals surface area contributed by atoms with Gasteiger partial charge in [-0.1, -0.05) is 55.5 Å². The predicted molar refractivity (Wildman–Crippen MR) is 90.1 cm³/mol. The van der Waals surface area contributed by atoms with Crippen molar-refractivity contribution in [1.29, 1.82) is 0 Å². The molecule has 0 bridgehead atoms. The lowest BCUT2D eigenvalue weighted by Gasteiger charge is -2.24. The molecule has 0 aliphatic rings. The van der Waals surface area contributed by atoms with Crippen LogP contribution in [-0.4, -0.2) is 18.5 Å². The van der Waals surface area contributed by atoms with Crippen LogP contribution in [0.1, 0.15) is 25.0 Å². The van der Waals surface area contributed by atoms with E-state index in [0.29, 0.717) is 6.54 Å². The standard InChI is InChI=1S/C19H21NO3/c1-3-16-12-8-9-13-17(16)20(18(21)19(22)23-4-2)14-15-10-6-5-7-11-15/h5-13H,3-4,14H2,1-2H3. The molecule has 120 valence electrons. The summed E-state index contributed by atoms with van der Waals surface area (Å²) < 4.78 is 4.89. The summed E-state index contributed by atoms with van der Waals surface area (Å²) in [4.78, 5) is 26.0. The molecule has 0 unspecified atom stereocenters. The number of carbonyl (C=O) groups is 2. The second kappa shape index (κ2) is 8.13. The highest BCUT2D eigenvalue weighted by Crippen LogP contribution is 2.23. The van der Waals surface area contributed by atoms with Gasteiger partial charge in [0.2, 0.25) is 0 Å². The summed E-state index contributed by atoms with van der Waals surface area (Å²) in [5, 5.41) is 0. The summed E-state index contributed by atoms with van der Waals surface area (Å²) in [5.41, 5.74) is 2.72. The molecule has 0 aliphatic carbocycles. The molecule has 0 spiro atoms. The normalized spacial score (nSPS) is 10.2. The molecule has 0 fully saturated rings. The molecule has 0 N–H and O–H groups in total. The van der Waals surface area contributed by atoms with E-state index in [4.69, 9.17) is 4.74 Å². The van der Waals surface area contributed by atoms with E-state index in [1.54, 1.807) is 6.92 Å². The molecular formula is C19H21NO3. The number of rotatable bonds is 5. The molecular weight excluding hydrogens is 290 g/mol. The zero-order valence-corrected chi connectivity index (χ0v) is 13.5. The zero-order chi connectivity index (χ0) is 16.7. The van der Waals surface area contributed by atoms with Gasteiger partial charge in [0.25, 0.3) is 0 Å². The van der Waals surface area contributed by atoms with Crippen LogP contribution in [-0.2, 0) is 27.3 Å². The Labute approximate surface area is 136 Å². The van der Waals surface area contributed by atoms with Crippen LogP contribution in [0, 0.1) is 0 Å². The van der Waals surface area contributed by atoms with Crippen molar-refractivity contribution in [3.05, 3.63) is 65.7 Å². The van der Waals surface area contributed by atoms with Crippen LogP contribution in [0.2, 0.25) is 0 Å². The van der Waals surface area contributed by atoms with E-state index < -0.39 is 11.9 Å². The largest absolute Gasteiger partial charge is 0.459 e. The number of anilines is 1. The van der Waals surface area contributed by atoms with Crippen LogP contribution in [0.15, 0.2) is 54.6 Å². The first kappa shape index (κ1) is 16.7. The molecule has 2 aromatic carbocycles. The molecule has 1 amide bonds. The lowest BCUT2D eigenvalue weighted by atomic mass is 10.1. The van der Waals surface area contributed by atoms with Crippen molar-refractivity contribution in [3.63, 3.8) is 0 Å². The third-order valence-corrected chi connectivity index (χ3v) is 3.54. The SMILES string of the molecule is CCOC(=O)C(=O)N(Cc1ccccc1)c1ccccc1CC. The minimum Gasteiger partial charge on any atom is -0.459 e. The molecule has 0 heterocycles. The van der Waals surface area contributed by atoms with E-state index in [0.717, 1.165) is 23.2 Å². The van der Waals surface area contributed by atoms with Crippen LogP contribution >= 0.6 is 0 Å². The third kappa shape index (κ3) is 4.19. The Bertz CT molecular complexity index is 667. The highest BCUT2D eigenvalue weighted by molar-refractivity contribution is 6.38. The minimum atomic E-state index is -0.825. The quantitative estimate of drug-likeness (QED) is 0.628. The Morgan fingerprint density at radius 2 is 1.61 bits per heavy atom. The molecule has 23 heavy (non-hydrogen) atoms. The van der Waals surface area contributed by atoms with Gasteiger partial charge in [-0.2, -0.15) is 0 Å². The highest BCUT2D eigenvalue weighted by atomic mass is 16.5. The number of carbonyl (C=O) groups excluding carboxylic acids is 2. The average Bonchev–Trinajstić information content (AvgIpc) is 2.60. The highest BCUT2D eigenvalue weighted by Gasteiger charge is 2.26. The summed E-state index contributed by atoms with van der Waals surface area (Å²) in [7, 11) is 0. The molecule has 4 nitrogen and oxygen atoms in total. The first-order valence-corrected chi connectivity index (χ1v) is 7.77. The predicted octanol–water partition coefficient (Wildman–Crippen LogP) is 3.35. The molecule has 2 rings (SSSR count). The average molecular weight is 311 g/mol. The molecule has 0 atom stereocenters. The minimum absolute atomic E-state index is 0.180. The number of aryl methyl sites for hydroxylation is 1. The second-order valence-electron chi connectivity index (χ2n) is 5.08. The number of esters is 1. The van der Waals surface area contributed by atoms with Gasteiger partial charge >= 0.3 is 11.9 Å². The summed E-state index contributed by atoms with van der Waals surface area (Å²) >= 11 is 0. The molecule has 0 radical (unpaired) electrons. The van der Waals surface area contributed by atoms with E-state index in [1.165, 1.54) is 4.90 Å². The van der Waals surface area contributed by atoms with Gasteiger partial charge in [0.1, 0.15) is 0 Å². The first-order chi connectivity index (χ1) is 11.2. The monoisotopic (exact) mass is 311 g/mol. The van der Waals surface area contributed by atoms with Crippen molar-refractivity contribution in [3.8, 4) is 0 Å². The molecule has 2 aromatic rings. The van der Waals surface area contributed by atoms with E-state index >= 15 is 0 Å². The molecule has 4 heteroatoms. The third-order valence-electron chi connectivity index (χ3n) is 3.54. The maximum Gasteiger partial charge on any atom is 0.397 e. The van der Waals surface area contributed by atoms with Gasteiger partial charge in [-0.25, -0.2) is 4.79 Å². The Kier molecular flexibility index (Phi) is 5.92. The van der Waals surface area contributed by atoms with Crippen LogP contribution < -0.4 is 4.90 Å². The molecule has 0 aromatic heterocycles. The van der Waals surface area contributed by atoms with Gasteiger partial charge in [0, 0.05) is 5.69 Å². The van der Waals surface area contributed by atoms with Crippen molar-refractivity contribution < 1.29 is 14.3 Å². The fraction of sp³-hybridized carbons (Fsp3) is 0.263. The Balaban J connectivity index is 2.38. The fourth-order valence-electron chi connectivity index (χ4n) is 2.41. The van der Waals surface area contributed by atoms with E-state index in [9.17, 15) is 9.59 Å². The van der Waals surface area contributed by atoms with Crippen LogP contribution in [0.4, 0.5) is 5.69 Å². The van der Waals surface area contributed by atoms with E-state index in [1.807, 2.05) is 61.5 Å². The number of benzene rings is 2. The first-order valence-electron chi connectivity index (χ1n) is 7.77. The summed E-state index contributed by atoms with van der Waals surface area (Å²) in [5.74, 6) is -1.47. The summed E-state index contributed by atoms with van der Waals surface area (Å²) in [6.45, 7) is 4.22. The molecule has 0 saturated heterocycles. The summed E-state index contributed by atoms with van der Waals surface area (Å²) in [6.07, 6.45) is 0.775. The van der Waals surface area contributed by atoms with Crippen molar-refractivity contribution in [2.45, 2.75) is 26.8 Å². The van der Waals surface area contributed by atoms with E-state index in [-0.39, 0.29) is 6.61 Å². The number of ether oxygens (including phenoxy) is 1. The lowest BCUT2D eigenvalue weighted by Crippen LogP contribution is -2.37. The molecule has 0 saturated carbocycles. The van der Waals surface area contributed by atoms with Crippen molar-refractivity contribution in [2.24, 2.45) is 0 Å². The topological polar surface area (TPSA) is 46.6 Å². The number of hydrogen-bond donors (Lipinski definition) is 0. The van der Waals surface area contributed by atoms with Crippen molar-refractivity contribution >= 4 is 17.6 Å². The second-order valence-corrected chi connectivity index (χ2v) is 5.08. The van der Waals surface area contributed by atoms with Crippen LogP contribution in [0.5, 0.6) is 0 Å². The Morgan fingerprint density at radius 3 is 2.26 bits per heavy atom. The van der Waals surface area contributed by atoms with Gasteiger partial charge in [-0.3, -0.25) is 9.69 Å². The van der Waals surface area contributed by atoms with Gasteiger partial charge in [0.15, 0.2) is 0 Å². The number of amides is 1. The van der Waals surface area contributed by atoms with Gasteiger partial charge < -0.3 is 4.74 Å². The maximum absolute atomic E-state index is 12.6. The summed E-state index contributed by atoms with van der Waals surface area (Å²) in [6, 6.07) is 17.2. The Morgan fingerprint density at radius 1 is 0.957 bits per heavy atom. The van der Waals surface area contributed by atoms with E-state index in [2.05, 4.69) is 0 Å². The van der Waals surface area contributed by atoms with Crippen LogP contribution in [0.3, 0.4) is 0 Å². The van der Waals surface area contributed by atoms with Gasteiger partial charge in [0.05, 0.1) is 13.2 Å². The van der Waals surface area contributed by atoms with Gasteiger partial charge in [-0.05, 0) is 30.5 Å². The smallest absolute Gasteiger partial charge is 0.397 e. The number of para-hydroxylation sites is 1. The Hall–Kier alpha value is -2.62. The fourth-order valence-corrected chi connectivity index (χ4v) is 2.41. The number of nitrogens with zero attached hydrogens (tertiary/aromatic N) is 1. The lowest BCUT2D eigenvalue weighted by molar-refractivity contribution is -0.153. The van der Waals surface area contributed by atoms with Gasteiger partial charge in [-0.15, -0.1) is 0 Å². The van der Waals surface area contributed by atoms with Crippen molar-refractivity contribution in [2.75, 3.05) is 11.5 Å². The maximum atomic E-state index is 12.6.